The van der Waals surface area contributed by atoms with Crippen LogP contribution in [-0.2, 0) is 23.8 Å². The number of aliphatic hydroxyl groups excluding tert-OH is 3. The number of hydrogen-bond donors (Lipinski definition) is 5. The Balaban J connectivity index is 0.000000533. The monoisotopic (exact) mass is 577 g/mol. The van der Waals surface area contributed by atoms with Gasteiger partial charge in [-0.25, -0.2) is 24.1 Å². The van der Waals surface area contributed by atoms with E-state index < -0.39 is 31.2 Å². The number of carbonyl (C=O) groups is 5. The van der Waals surface area contributed by atoms with E-state index >= 15 is 0 Å². The molecule has 0 saturated carbocycles. The van der Waals surface area contributed by atoms with Crippen molar-refractivity contribution >= 4 is 30.2 Å². The van der Waals surface area contributed by atoms with Crippen molar-refractivity contribution in [1.82, 2.24) is 15.1 Å². The first-order valence-electron chi connectivity index (χ1n) is 12.7. The molecule has 15 heteroatoms. The summed E-state index contributed by atoms with van der Waals surface area (Å²) in [4.78, 5) is 55.4. The highest BCUT2D eigenvalue weighted by Crippen LogP contribution is 2.23. The fourth-order valence-corrected chi connectivity index (χ4v) is 3.44. The normalized spacial score (nSPS) is 21.9. The fraction of sp³-hybridized carbons (Fsp3) is 0.720. The number of amides is 4. The van der Waals surface area contributed by atoms with Gasteiger partial charge in [0, 0.05) is 0 Å². The number of hydrogen-bond acceptors (Lipinski definition) is 11. The van der Waals surface area contributed by atoms with Gasteiger partial charge in [-0.1, -0.05) is 41.5 Å². The van der Waals surface area contributed by atoms with E-state index in [2.05, 4.69) is 23.9 Å². The van der Waals surface area contributed by atoms with Crippen molar-refractivity contribution in [3.05, 3.63) is 12.0 Å². The first-order valence-corrected chi connectivity index (χ1v) is 12.7. The Hall–Kier alpha value is -3.59. The van der Waals surface area contributed by atoms with E-state index in [1.54, 1.807) is 6.92 Å². The topological polar surface area (TPSA) is 212 Å². The van der Waals surface area contributed by atoms with Crippen LogP contribution in [0.1, 0.15) is 48.5 Å². The summed E-state index contributed by atoms with van der Waals surface area (Å²) in [6.07, 6.45) is -0.380. The molecule has 3 atom stereocenters. The average molecular weight is 578 g/mol. The quantitative estimate of drug-likeness (QED) is 0.225. The van der Waals surface area contributed by atoms with Gasteiger partial charge >= 0.3 is 24.2 Å². The molecule has 0 spiro atoms. The van der Waals surface area contributed by atoms with Gasteiger partial charge < -0.3 is 40.0 Å². The number of carboxylic acid groups (broad SMARTS) is 1. The average Bonchev–Trinajstić information content (AvgIpc) is 3.62. The predicted molar refractivity (Wildman–Crippen MR) is 140 cm³/mol. The smallest absolute Gasteiger partial charge is 0.417 e. The first-order chi connectivity index (χ1) is 18.6. The van der Waals surface area contributed by atoms with Crippen LogP contribution in [0.25, 0.3) is 0 Å². The summed E-state index contributed by atoms with van der Waals surface area (Å²) in [5, 5.41) is 35.1. The van der Waals surface area contributed by atoms with Crippen LogP contribution in [0.3, 0.4) is 0 Å². The van der Waals surface area contributed by atoms with Crippen LogP contribution in [0.15, 0.2) is 12.0 Å². The molecule has 0 aromatic rings. The molecule has 0 unspecified atom stereocenters. The molecular weight excluding hydrogens is 534 g/mol. The SMILES string of the molecule is C/C(=C\O)N1C(=O)OC[C@@H]1C(C)C.CC(C)[C@H]1COC(=O)N1.CC(C)[C@H]1COC(=O)N1C(=O)CO.O=C(O)CO. The summed E-state index contributed by atoms with van der Waals surface area (Å²) in [6, 6.07) is 0.0144. The van der Waals surface area contributed by atoms with E-state index in [1.807, 2.05) is 27.7 Å². The summed E-state index contributed by atoms with van der Waals surface area (Å²) in [7, 11) is 0. The lowest BCUT2D eigenvalue weighted by molar-refractivity contribution is -0.140. The minimum absolute atomic E-state index is 0.0379. The van der Waals surface area contributed by atoms with Crippen molar-refractivity contribution in [3.63, 3.8) is 0 Å². The molecule has 5 N–H and O–H groups in total. The lowest BCUT2D eigenvalue weighted by atomic mass is 10.0. The van der Waals surface area contributed by atoms with E-state index in [0.29, 0.717) is 30.7 Å². The van der Waals surface area contributed by atoms with Gasteiger partial charge in [0.1, 0.15) is 33.0 Å². The second-order valence-electron chi connectivity index (χ2n) is 9.98. The summed E-state index contributed by atoms with van der Waals surface area (Å²) in [6.45, 7) is 13.3. The van der Waals surface area contributed by atoms with Gasteiger partial charge in [0.15, 0.2) is 0 Å². The maximum absolute atomic E-state index is 11.2. The number of imide groups is 1. The van der Waals surface area contributed by atoms with Gasteiger partial charge in [0.05, 0.1) is 30.1 Å². The van der Waals surface area contributed by atoms with Crippen LogP contribution < -0.4 is 5.32 Å². The molecule has 40 heavy (non-hydrogen) atoms. The van der Waals surface area contributed by atoms with Crippen molar-refractivity contribution in [1.29, 1.82) is 0 Å². The highest BCUT2D eigenvalue weighted by molar-refractivity contribution is 5.94. The summed E-state index contributed by atoms with van der Waals surface area (Å²) >= 11 is 0. The fourth-order valence-electron chi connectivity index (χ4n) is 3.44. The number of aliphatic hydroxyl groups is 3. The van der Waals surface area contributed by atoms with Crippen LogP contribution in [0.5, 0.6) is 0 Å². The molecule has 0 bridgehead atoms. The number of ether oxygens (including phenoxy) is 3. The predicted octanol–water partition coefficient (Wildman–Crippen LogP) is 1.68. The first kappa shape index (κ1) is 36.4. The van der Waals surface area contributed by atoms with Crippen molar-refractivity contribution in [3.8, 4) is 0 Å². The molecule has 3 aliphatic heterocycles. The molecule has 3 heterocycles. The molecule has 3 saturated heterocycles. The van der Waals surface area contributed by atoms with Gasteiger partial charge in [-0.05, 0) is 24.7 Å². The second kappa shape index (κ2) is 17.9. The van der Waals surface area contributed by atoms with E-state index in [9.17, 15) is 19.2 Å². The number of nitrogens with one attached hydrogen (secondary N) is 1. The highest BCUT2D eigenvalue weighted by atomic mass is 16.6. The third-order valence-corrected chi connectivity index (χ3v) is 5.96. The van der Waals surface area contributed by atoms with E-state index in [-0.39, 0.29) is 42.8 Å². The summed E-state index contributed by atoms with van der Waals surface area (Å²) < 4.78 is 14.3. The molecule has 4 amide bonds. The maximum atomic E-state index is 11.2. The zero-order valence-corrected chi connectivity index (χ0v) is 24.0. The van der Waals surface area contributed by atoms with E-state index in [0.717, 1.165) is 11.2 Å². The molecular formula is C25H43N3O12. The second-order valence-corrected chi connectivity index (χ2v) is 9.98. The van der Waals surface area contributed by atoms with Gasteiger partial charge in [-0.15, -0.1) is 0 Å². The lowest BCUT2D eigenvalue weighted by Crippen LogP contribution is -2.43. The van der Waals surface area contributed by atoms with Gasteiger partial charge in [0.25, 0.3) is 5.91 Å². The Labute approximate surface area is 233 Å². The Morgan fingerprint density at radius 1 is 0.850 bits per heavy atom. The Kier molecular flexibility index (Phi) is 16.3. The van der Waals surface area contributed by atoms with Crippen LogP contribution in [0.2, 0.25) is 0 Å². The Morgan fingerprint density at radius 3 is 1.60 bits per heavy atom. The zero-order valence-electron chi connectivity index (χ0n) is 24.0. The molecule has 3 rings (SSSR count). The number of aliphatic carboxylic acids is 1. The minimum Gasteiger partial charge on any atom is -0.514 e. The van der Waals surface area contributed by atoms with Crippen LogP contribution in [0.4, 0.5) is 14.4 Å². The largest absolute Gasteiger partial charge is 0.514 e. The number of rotatable bonds is 6. The number of carboxylic acids is 1. The molecule has 3 fully saturated rings. The van der Waals surface area contributed by atoms with E-state index in [4.69, 9.17) is 34.7 Å². The molecule has 15 nitrogen and oxygen atoms in total. The number of cyclic esters (lactones) is 3. The van der Waals surface area contributed by atoms with Gasteiger partial charge in [-0.3, -0.25) is 9.69 Å². The van der Waals surface area contributed by atoms with Crippen LogP contribution in [-0.4, -0.2) is 112 Å². The number of alkyl carbamates (subject to hydrolysis) is 1. The lowest BCUT2D eigenvalue weighted by Gasteiger charge is -2.23. The van der Waals surface area contributed by atoms with Crippen molar-refractivity contribution < 1.29 is 58.6 Å². The van der Waals surface area contributed by atoms with E-state index in [1.165, 1.54) is 4.90 Å². The third-order valence-electron chi connectivity index (χ3n) is 5.96. The molecule has 0 aromatic carbocycles. The van der Waals surface area contributed by atoms with Crippen molar-refractivity contribution in [2.24, 2.45) is 17.8 Å². The molecule has 3 aliphatic rings. The Morgan fingerprint density at radius 2 is 1.30 bits per heavy atom. The third kappa shape index (κ3) is 11.7. The van der Waals surface area contributed by atoms with Crippen molar-refractivity contribution in [2.75, 3.05) is 33.0 Å². The maximum Gasteiger partial charge on any atom is 0.417 e. The Bertz CT molecular complexity index is 890. The van der Waals surface area contributed by atoms with Crippen molar-refractivity contribution in [2.45, 2.75) is 66.6 Å². The summed E-state index contributed by atoms with van der Waals surface area (Å²) in [5.41, 5.74) is 0.529. The minimum atomic E-state index is -1.19. The summed E-state index contributed by atoms with van der Waals surface area (Å²) in [5.74, 6) is -0.856. The highest BCUT2D eigenvalue weighted by Gasteiger charge is 2.39. The number of carbonyl (C=O) groups excluding carboxylic acids is 4. The van der Waals surface area contributed by atoms with Crippen LogP contribution >= 0.6 is 0 Å². The zero-order chi connectivity index (χ0) is 31.2. The number of nitrogens with zero attached hydrogens (tertiary/aromatic N) is 2. The molecule has 0 aliphatic carbocycles. The molecule has 230 valence electrons. The number of allylic oxidation sites excluding steroid dienone is 1. The standard InChI is InChI=1S/C9H15NO3.C8H13NO4.C6H11NO2.C2H4O3/c1-6(2)8-5-13-9(12)10(8)7(3)4-11;1-5(2)6-4-13-8(12)9(6)7(11)3-10;1-4(2)5-3-9-6(8)7-5;3-1-2(4)5/h4,6,8,11H,5H2,1-3H3;5-6,10H,3-4H2,1-2H3;4-5H,3H2,1-2H3,(H,7,8);3H,1H2,(H,4,5)/b7-4+;;;/t8-;6-;5-;/m111./s1. The van der Waals surface area contributed by atoms with Gasteiger partial charge in [-0.2, -0.15) is 0 Å². The molecule has 0 radical (unpaired) electrons. The van der Waals surface area contributed by atoms with Crippen LogP contribution in [0, 0.1) is 17.8 Å². The molecule has 0 aromatic heterocycles. The van der Waals surface area contributed by atoms with Gasteiger partial charge in [0.2, 0.25) is 0 Å².